The smallest absolute Gasteiger partial charge is 0.230 e. The van der Waals surface area contributed by atoms with E-state index in [0.717, 1.165) is 70.6 Å². The standard InChI is InChI=1S/C28H38N2O2/c1-32-27-14-8-7-13-25(27)24-15-20-29(21-16-24)22-17-26(23-11-5-4-6-12-23)28(31)30-18-9-2-3-10-19-30/h4-8,11-14,24,26H,2-3,9-10,15-22H2,1H3. The molecular formula is C28H38N2O2. The van der Waals surface area contributed by atoms with E-state index >= 15 is 0 Å². The number of carbonyl (C=O) groups excluding carboxylic acids is 1. The normalized spacial score (nSPS) is 19.3. The van der Waals surface area contributed by atoms with E-state index in [1.165, 1.54) is 24.0 Å². The summed E-state index contributed by atoms with van der Waals surface area (Å²) in [7, 11) is 1.76. The zero-order chi connectivity index (χ0) is 22.2. The minimum absolute atomic E-state index is 0.0266. The molecule has 0 saturated carbocycles. The second-order valence-corrected chi connectivity index (χ2v) is 9.35. The molecule has 2 saturated heterocycles. The summed E-state index contributed by atoms with van der Waals surface area (Å²) in [5, 5.41) is 0. The van der Waals surface area contributed by atoms with Crippen LogP contribution in [-0.4, -0.2) is 55.5 Å². The molecule has 0 bridgehead atoms. The molecule has 0 aliphatic carbocycles. The molecule has 2 aromatic carbocycles. The highest BCUT2D eigenvalue weighted by molar-refractivity contribution is 5.83. The Balaban J connectivity index is 1.37. The highest BCUT2D eigenvalue weighted by Crippen LogP contribution is 2.34. The molecule has 0 N–H and O–H groups in total. The molecule has 4 heteroatoms. The summed E-state index contributed by atoms with van der Waals surface area (Å²) < 4.78 is 5.59. The van der Waals surface area contributed by atoms with Gasteiger partial charge in [0.1, 0.15) is 5.75 Å². The number of amides is 1. The zero-order valence-electron chi connectivity index (χ0n) is 19.5. The molecule has 2 aliphatic rings. The van der Waals surface area contributed by atoms with E-state index in [9.17, 15) is 4.79 Å². The molecule has 1 amide bonds. The van der Waals surface area contributed by atoms with Gasteiger partial charge in [-0.1, -0.05) is 61.4 Å². The SMILES string of the molecule is COc1ccccc1C1CCN(CCC(C(=O)N2CCCCCC2)c2ccccc2)CC1. The first-order valence-corrected chi connectivity index (χ1v) is 12.5. The predicted octanol–water partition coefficient (Wildman–Crippen LogP) is 5.45. The lowest BCUT2D eigenvalue weighted by Crippen LogP contribution is -2.39. The van der Waals surface area contributed by atoms with E-state index < -0.39 is 0 Å². The van der Waals surface area contributed by atoms with Crippen molar-refractivity contribution in [3.63, 3.8) is 0 Å². The van der Waals surface area contributed by atoms with Crippen LogP contribution in [0.4, 0.5) is 0 Å². The maximum atomic E-state index is 13.5. The van der Waals surface area contributed by atoms with Crippen molar-refractivity contribution >= 4 is 5.91 Å². The molecule has 32 heavy (non-hydrogen) atoms. The van der Waals surface area contributed by atoms with Crippen LogP contribution in [0.5, 0.6) is 5.75 Å². The van der Waals surface area contributed by atoms with E-state index in [0.29, 0.717) is 11.8 Å². The van der Waals surface area contributed by atoms with E-state index in [1.54, 1.807) is 7.11 Å². The lowest BCUT2D eigenvalue weighted by molar-refractivity contribution is -0.133. The lowest BCUT2D eigenvalue weighted by Gasteiger charge is -2.34. The highest BCUT2D eigenvalue weighted by Gasteiger charge is 2.28. The van der Waals surface area contributed by atoms with Crippen LogP contribution in [0.25, 0.3) is 0 Å². The van der Waals surface area contributed by atoms with Gasteiger partial charge in [-0.05, 0) is 74.8 Å². The molecule has 0 spiro atoms. The lowest BCUT2D eigenvalue weighted by atomic mass is 9.88. The Morgan fingerprint density at radius 2 is 1.56 bits per heavy atom. The molecule has 1 atom stereocenters. The number of hydrogen-bond acceptors (Lipinski definition) is 3. The summed E-state index contributed by atoms with van der Waals surface area (Å²) in [6, 6.07) is 18.9. The molecule has 1 unspecified atom stereocenters. The third-order valence-corrected chi connectivity index (χ3v) is 7.32. The minimum atomic E-state index is -0.0266. The summed E-state index contributed by atoms with van der Waals surface area (Å²) >= 11 is 0. The van der Waals surface area contributed by atoms with Crippen LogP contribution >= 0.6 is 0 Å². The van der Waals surface area contributed by atoms with Gasteiger partial charge < -0.3 is 14.5 Å². The number of likely N-dealkylation sites (tertiary alicyclic amines) is 2. The van der Waals surface area contributed by atoms with Crippen LogP contribution in [0.3, 0.4) is 0 Å². The van der Waals surface area contributed by atoms with Crippen molar-refractivity contribution in [2.75, 3.05) is 39.8 Å². The molecule has 2 heterocycles. The highest BCUT2D eigenvalue weighted by atomic mass is 16.5. The molecule has 0 radical (unpaired) electrons. The number of hydrogen-bond donors (Lipinski definition) is 0. The summed E-state index contributed by atoms with van der Waals surface area (Å²) in [4.78, 5) is 18.2. The van der Waals surface area contributed by atoms with Crippen LogP contribution in [0.1, 0.15) is 67.9 Å². The number of ether oxygens (including phenoxy) is 1. The summed E-state index contributed by atoms with van der Waals surface area (Å²) in [6.45, 7) is 5.00. The summed E-state index contributed by atoms with van der Waals surface area (Å²) in [5.74, 6) is 1.88. The van der Waals surface area contributed by atoms with Gasteiger partial charge in [0.15, 0.2) is 0 Å². The van der Waals surface area contributed by atoms with Gasteiger partial charge in [0, 0.05) is 13.1 Å². The maximum absolute atomic E-state index is 13.5. The number of nitrogens with zero attached hydrogens (tertiary/aromatic N) is 2. The zero-order valence-corrected chi connectivity index (χ0v) is 19.5. The van der Waals surface area contributed by atoms with Crippen molar-refractivity contribution in [2.24, 2.45) is 0 Å². The number of carbonyl (C=O) groups is 1. The topological polar surface area (TPSA) is 32.8 Å². The second-order valence-electron chi connectivity index (χ2n) is 9.35. The minimum Gasteiger partial charge on any atom is -0.496 e. The van der Waals surface area contributed by atoms with Crippen LogP contribution in [-0.2, 0) is 4.79 Å². The molecular weight excluding hydrogens is 396 g/mol. The average molecular weight is 435 g/mol. The Morgan fingerprint density at radius 3 is 2.25 bits per heavy atom. The molecule has 2 aromatic rings. The van der Waals surface area contributed by atoms with Gasteiger partial charge in [-0.3, -0.25) is 4.79 Å². The maximum Gasteiger partial charge on any atom is 0.230 e. The van der Waals surface area contributed by atoms with Crippen LogP contribution in [0.15, 0.2) is 54.6 Å². The van der Waals surface area contributed by atoms with Crippen LogP contribution in [0, 0.1) is 0 Å². The van der Waals surface area contributed by atoms with E-state index in [1.807, 2.05) is 12.1 Å². The fourth-order valence-electron chi connectivity index (χ4n) is 5.41. The van der Waals surface area contributed by atoms with Crippen molar-refractivity contribution in [1.82, 2.24) is 9.80 Å². The first-order valence-electron chi connectivity index (χ1n) is 12.5. The van der Waals surface area contributed by atoms with Gasteiger partial charge in [0.25, 0.3) is 0 Å². The monoisotopic (exact) mass is 434 g/mol. The largest absolute Gasteiger partial charge is 0.496 e. The fraction of sp³-hybridized carbons (Fsp3) is 0.536. The summed E-state index contributed by atoms with van der Waals surface area (Å²) in [6.07, 6.45) is 7.99. The molecule has 0 aromatic heterocycles. The van der Waals surface area contributed by atoms with E-state index in [2.05, 4.69) is 52.3 Å². The first kappa shape index (κ1) is 22.8. The van der Waals surface area contributed by atoms with Gasteiger partial charge in [0.2, 0.25) is 5.91 Å². The van der Waals surface area contributed by atoms with Crippen molar-refractivity contribution in [3.05, 3.63) is 65.7 Å². The second kappa shape index (κ2) is 11.5. The number of benzene rings is 2. The Labute approximate surface area is 193 Å². The number of piperidine rings is 1. The van der Waals surface area contributed by atoms with E-state index in [4.69, 9.17) is 4.74 Å². The van der Waals surface area contributed by atoms with Crippen molar-refractivity contribution < 1.29 is 9.53 Å². The Kier molecular flexibility index (Phi) is 8.22. The quantitative estimate of drug-likeness (QED) is 0.581. The predicted molar refractivity (Wildman–Crippen MR) is 130 cm³/mol. The Bertz CT molecular complexity index is 838. The number of rotatable bonds is 7. The Hall–Kier alpha value is -2.33. The molecule has 172 valence electrons. The average Bonchev–Trinajstić information content (AvgIpc) is 3.15. The van der Waals surface area contributed by atoms with Crippen molar-refractivity contribution in [3.8, 4) is 5.75 Å². The van der Waals surface area contributed by atoms with Gasteiger partial charge in [-0.2, -0.15) is 0 Å². The van der Waals surface area contributed by atoms with Gasteiger partial charge in [-0.25, -0.2) is 0 Å². The molecule has 4 nitrogen and oxygen atoms in total. The number of methoxy groups -OCH3 is 1. The van der Waals surface area contributed by atoms with Gasteiger partial charge in [-0.15, -0.1) is 0 Å². The van der Waals surface area contributed by atoms with Crippen LogP contribution in [0.2, 0.25) is 0 Å². The number of para-hydroxylation sites is 1. The molecule has 4 rings (SSSR count). The van der Waals surface area contributed by atoms with Crippen molar-refractivity contribution in [1.29, 1.82) is 0 Å². The third kappa shape index (κ3) is 5.72. The summed E-state index contributed by atoms with van der Waals surface area (Å²) in [5.41, 5.74) is 2.51. The van der Waals surface area contributed by atoms with Crippen molar-refractivity contribution in [2.45, 2.75) is 56.8 Å². The third-order valence-electron chi connectivity index (χ3n) is 7.32. The fourth-order valence-corrected chi connectivity index (χ4v) is 5.41. The molecule has 2 aliphatic heterocycles. The Morgan fingerprint density at radius 1 is 0.906 bits per heavy atom. The van der Waals surface area contributed by atoms with Crippen LogP contribution < -0.4 is 4.74 Å². The van der Waals surface area contributed by atoms with E-state index in [-0.39, 0.29) is 5.92 Å². The molecule has 2 fully saturated rings. The van der Waals surface area contributed by atoms with Gasteiger partial charge >= 0.3 is 0 Å². The first-order chi connectivity index (χ1) is 15.8. The van der Waals surface area contributed by atoms with Gasteiger partial charge in [0.05, 0.1) is 13.0 Å².